The van der Waals surface area contributed by atoms with Crippen LogP contribution < -0.4 is 9.47 Å². The maximum absolute atomic E-state index is 12.6. The number of piperidine rings is 1. The molecule has 1 aliphatic heterocycles. The van der Waals surface area contributed by atoms with Gasteiger partial charge in [0.1, 0.15) is 6.29 Å². The molecule has 5 heteroatoms. The number of carbonyl (C=O) groups is 2. The highest BCUT2D eigenvalue weighted by Crippen LogP contribution is 2.52. The second-order valence-corrected chi connectivity index (χ2v) is 6.48. The molecule has 1 aromatic rings. The summed E-state index contributed by atoms with van der Waals surface area (Å²) in [6.45, 7) is 0. The minimum Gasteiger partial charge on any atom is -0.493 e. The molecule has 128 valence electrons. The van der Waals surface area contributed by atoms with Crippen LogP contribution in [0.1, 0.15) is 24.8 Å². The fourth-order valence-electron chi connectivity index (χ4n) is 4.25. The van der Waals surface area contributed by atoms with Crippen LogP contribution in [0.5, 0.6) is 11.5 Å². The molecule has 5 nitrogen and oxygen atoms in total. The first-order valence-corrected chi connectivity index (χ1v) is 8.19. The Balaban J connectivity index is 2.22. The molecular formula is C19H23NO4. The van der Waals surface area contributed by atoms with Gasteiger partial charge in [0.2, 0.25) is 5.91 Å². The van der Waals surface area contributed by atoms with Crippen molar-refractivity contribution in [3.63, 3.8) is 0 Å². The molecule has 1 aromatic carbocycles. The molecule has 1 fully saturated rings. The van der Waals surface area contributed by atoms with Gasteiger partial charge in [0.25, 0.3) is 0 Å². The van der Waals surface area contributed by atoms with E-state index in [1.165, 1.54) is 0 Å². The Hall–Kier alpha value is -2.30. The molecule has 1 amide bonds. The minimum atomic E-state index is -0.534. The molecule has 1 aliphatic carbocycles. The molecule has 0 spiro atoms. The summed E-state index contributed by atoms with van der Waals surface area (Å²) in [5.41, 5.74) is 0.381. The molecule has 2 aliphatic rings. The SMILES string of the molecule is COc1cccc([C@@]23C=CCC[C@H]2[C@@H](C=O)N(C)C(=O)C3)c1OC. The van der Waals surface area contributed by atoms with Crippen LogP contribution in [0.25, 0.3) is 0 Å². The van der Waals surface area contributed by atoms with Crippen LogP contribution in [0.4, 0.5) is 0 Å². The highest BCUT2D eigenvalue weighted by Gasteiger charge is 2.52. The van der Waals surface area contributed by atoms with Crippen LogP contribution >= 0.6 is 0 Å². The van der Waals surface area contributed by atoms with Crippen LogP contribution in [0.2, 0.25) is 0 Å². The molecule has 0 bridgehead atoms. The number of fused-ring (bicyclic) bond motifs is 1. The van der Waals surface area contributed by atoms with Crippen molar-refractivity contribution < 1.29 is 19.1 Å². The third kappa shape index (κ3) is 2.30. The quantitative estimate of drug-likeness (QED) is 0.628. The van der Waals surface area contributed by atoms with Crippen LogP contribution in [0, 0.1) is 5.92 Å². The van der Waals surface area contributed by atoms with E-state index in [2.05, 4.69) is 12.2 Å². The lowest BCUT2D eigenvalue weighted by atomic mass is 9.59. The number of benzene rings is 1. The second-order valence-electron chi connectivity index (χ2n) is 6.48. The Morgan fingerprint density at radius 2 is 2.08 bits per heavy atom. The lowest BCUT2D eigenvalue weighted by Gasteiger charge is -2.50. The third-order valence-electron chi connectivity index (χ3n) is 5.46. The van der Waals surface area contributed by atoms with E-state index in [4.69, 9.17) is 9.47 Å². The summed E-state index contributed by atoms with van der Waals surface area (Å²) < 4.78 is 11.1. The van der Waals surface area contributed by atoms with Gasteiger partial charge in [-0.3, -0.25) is 4.79 Å². The maximum Gasteiger partial charge on any atom is 0.224 e. The smallest absolute Gasteiger partial charge is 0.224 e. The Labute approximate surface area is 142 Å². The molecule has 3 atom stereocenters. The van der Waals surface area contributed by atoms with Crippen molar-refractivity contribution in [2.45, 2.75) is 30.7 Å². The molecule has 0 N–H and O–H groups in total. The Morgan fingerprint density at radius 3 is 2.75 bits per heavy atom. The summed E-state index contributed by atoms with van der Waals surface area (Å²) in [5.74, 6) is 1.28. The van der Waals surface area contributed by atoms with Gasteiger partial charge in [-0.1, -0.05) is 24.3 Å². The maximum atomic E-state index is 12.6. The summed E-state index contributed by atoms with van der Waals surface area (Å²) in [5, 5.41) is 0. The predicted octanol–water partition coefficient (Wildman–Crippen LogP) is 2.34. The van der Waals surface area contributed by atoms with Crippen LogP contribution in [-0.4, -0.2) is 44.4 Å². The molecule has 0 saturated carbocycles. The Morgan fingerprint density at radius 1 is 1.29 bits per heavy atom. The van der Waals surface area contributed by atoms with E-state index >= 15 is 0 Å². The summed E-state index contributed by atoms with van der Waals surface area (Å²) in [7, 11) is 4.92. The highest BCUT2D eigenvalue weighted by molar-refractivity contribution is 5.84. The number of likely N-dealkylation sites (N-methyl/N-ethyl adjacent to an activating group) is 1. The highest BCUT2D eigenvalue weighted by atomic mass is 16.5. The van der Waals surface area contributed by atoms with Gasteiger partial charge in [-0.05, 0) is 18.9 Å². The standard InChI is InChI=1S/C19H23NO4/c1-20-15(12-21)13-7-4-5-10-19(13,11-17(20)22)14-8-6-9-16(23-2)18(14)24-3/h5-6,8-10,12-13,15H,4,7,11H2,1-3H3/t13-,15+,19+/m0/s1. The fourth-order valence-corrected chi connectivity index (χ4v) is 4.25. The first-order chi connectivity index (χ1) is 11.6. The zero-order valence-electron chi connectivity index (χ0n) is 14.3. The number of hydrogen-bond donors (Lipinski definition) is 0. The zero-order chi connectivity index (χ0) is 17.3. The van der Waals surface area contributed by atoms with E-state index in [-0.39, 0.29) is 11.8 Å². The average Bonchev–Trinajstić information content (AvgIpc) is 2.62. The summed E-state index contributed by atoms with van der Waals surface area (Å²) in [4.78, 5) is 25.9. The topological polar surface area (TPSA) is 55.8 Å². The lowest BCUT2D eigenvalue weighted by Crippen LogP contribution is -2.58. The summed E-state index contributed by atoms with van der Waals surface area (Å²) >= 11 is 0. The minimum absolute atomic E-state index is 0.0280. The summed E-state index contributed by atoms with van der Waals surface area (Å²) in [6, 6.07) is 5.30. The zero-order valence-corrected chi connectivity index (χ0v) is 14.3. The lowest BCUT2D eigenvalue weighted by molar-refractivity contribution is -0.143. The van der Waals surface area contributed by atoms with Crippen molar-refractivity contribution in [3.8, 4) is 11.5 Å². The van der Waals surface area contributed by atoms with E-state index in [1.807, 2.05) is 18.2 Å². The van der Waals surface area contributed by atoms with Gasteiger partial charge in [-0.2, -0.15) is 0 Å². The van der Waals surface area contributed by atoms with E-state index in [1.54, 1.807) is 26.2 Å². The molecule has 0 unspecified atom stereocenters. The van der Waals surface area contributed by atoms with Gasteiger partial charge in [-0.25, -0.2) is 0 Å². The second kappa shape index (κ2) is 6.30. The van der Waals surface area contributed by atoms with Gasteiger partial charge >= 0.3 is 0 Å². The van der Waals surface area contributed by atoms with Gasteiger partial charge in [0, 0.05) is 30.4 Å². The molecule has 0 aromatic heterocycles. The number of aldehydes is 1. The molecule has 3 rings (SSSR count). The number of amides is 1. The van der Waals surface area contributed by atoms with Crippen molar-refractivity contribution in [3.05, 3.63) is 35.9 Å². The number of likely N-dealkylation sites (tertiary alicyclic amines) is 1. The summed E-state index contributed by atoms with van der Waals surface area (Å²) in [6.07, 6.45) is 7.21. The van der Waals surface area contributed by atoms with Crippen molar-refractivity contribution in [2.24, 2.45) is 5.92 Å². The van der Waals surface area contributed by atoms with Crippen LogP contribution in [0.15, 0.2) is 30.4 Å². The number of para-hydroxylation sites is 1. The number of methoxy groups -OCH3 is 2. The monoisotopic (exact) mass is 329 g/mol. The van der Waals surface area contributed by atoms with E-state index in [0.717, 1.165) is 24.7 Å². The number of rotatable bonds is 4. The van der Waals surface area contributed by atoms with Gasteiger partial charge < -0.3 is 19.2 Å². The molecule has 1 saturated heterocycles. The van der Waals surface area contributed by atoms with Crippen molar-refractivity contribution >= 4 is 12.2 Å². The van der Waals surface area contributed by atoms with Crippen molar-refractivity contribution in [1.29, 1.82) is 0 Å². The van der Waals surface area contributed by atoms with E-state index < -0.39 is 11.5 Å². The molecular weight excluding hydrogens is 306 g/mol. The van der Waals surface area contributed by atoms with Crippen LogP contribution in [-0.2, 0) is 15.0 Å². The van der Waals surface area contributed by atoms with Gasteiger partial charge in [0.15, 0.2) is 11.5 Å². The molecule has 24 heavy (non-hydrogen) atoms. The predicted molar refractivity (Wildman–Crippen MR) is 90.3 cm³/mol. The van der Waals surface area contributed by atoms with Gasteiger partial charge in [0.05, 0.1) is 20.3 Å². The first kappa shape index (κ1) is 16.6. The normalized spacial score (nSPS) is 29.1. The fraction of sp³-hybridized carbons (Fsp3) is 0.474. The largest absolute Gasteiger partial charge is 0.493 e. The molecule has 0 radical (unpaired) electrons. The van der Waals surface area contributed by atoms with E-state index in [9.17, 15) is 9.59 Å². The number of ether oxygens (including phenoxy) is 2. The number of carbonyl (C=O) groups excluding carboxylic acids is 2. The Bertz CT molecular complexity index is 684. The van der Waals surface area contributed by atoms with Gasteiger partial charge in [-0.15, -0.1) is 0 Å². The van der Waals surface area contributed by atoms with E-state index in [0.29, 0.717) is 17.9 Å². The Kier molecular flexibility index (Phi) is 4.35. The molecule has 1 heterocycles. The van der Waals surface area contributed by atoms with Crippen molar-refractivity contribution in [2.75, 3.05) is 21.3 Å². The number of nitrogens with zero attached hydrogens (tertiary/aromatic N) is 1. The average molecular weight is 329 g/mol. The first-order valence-electron chi connectivity index (χ1n) is 8.19. The van der Waals surface area contributed by atoms with Crippen LogP contribution in [0.3, 0.4) is 0 Å². The third-order valence-corrected chi connectivity index (χ3v) is 5.46. The van der Waals surface area contributed by atoms with Crippen molar-refractivity contribution in [1.82, 2.24) is 4.90 Å². The number of allylic oxidation sites excluding steroid dienone is 2. The number of hydrogen-bond acceptors (Lipinski definition) is 4.